The van der Waals surface area contributed by atoms with E-state index in [0.717, 1.165) is 32.8 Å². The summed E-state index contributed by atoms with van der Waals surface area (Å²) >= 11 is 1.68. The number of ether oxygens (including phenoxy) is 1. The summed E-state index contributed by atoms with van der Waals surface area (Å²) in [5.74, 6) is 0.800. The molecular weight excluding hydrogens is 356 g/mol. The van der Waals surface area contributed by atoms with Crippen molar-refractivity contribution in [2.45, 2.75) is 13.1 Å². The zero-order valence-corrected chi connectivity index (χ0v) is 15.8. The number of amides is 1. The number of para-hydroxylation sites is 1. The van der Waals surface area contributed by atoms with Crippen LogP contribution >= 0.6 is 11.3 Å². The zero-order valence-electron chi connectivity index (χ0n) is 15.0. The molecule has 0 radical (unpaired) electrons. The Kier molecular flexibility index (Phi) is 4.94. The number of aromatic nitrogens is 1. The quantitative estimate of drug-likeness (QED) is 0.530. The highest BCUT2D eigenvalue weighted by atomic mass is 32.1. The van der Waals surface area contributed by atoms with Gasteiger partial charge < -0.3 is 14.6 Å². The molecule has 0 spiro atoms. The van der Waals surface area contributed by atoms with Gasteiger partial charge in [0.2, 0.25) is 5.91 Å². The Labute approximate surface area is 162 Å². The molecule has 4 rings (SSSR count). The third kappa shape index (κ3) is 3.73. The summed E-state index contributed by atoms with van der Waals surface area (Å²) in [5.41, 5.74) is 3.19. The number of nitrogens with one attached hydrogen (secondary N) is 1. The molecule has 0 saturated heterocycles. The Hall–Kier alpha value is -3.05. The van der Waals surface area contributed by atoms with E-state index in [1.54, 1.807) is 18.4 Å². The van der Waals surface area contributed by atoms with Crippen molar-refractivity contribution in [3.8, 4) is 16.3 Å². The van der Waals surface area contributed by atoms with Gasteiger partial charge in [0.15, 0.2) is 0 Å². The Balaban J connectivity index is 1.53. The van der Waals surface area contributed by atoms with Crippen LogP contribution < -0.4 is 10.1 Å². The van der Waals surface area contributed by atoms with Gasteiger partial charge in [-0.15, -0.1) is 11.3 Å². The lowest BCUT2D eigenvalue weighted by molar-refractivity contribution is -0.121. The van der Waals surface area contributed by atoms with E-state index < -0.39 is 0 Å². The molecule has 2 aromatic carbocycles. The molecule has 5 heteroatoms. The lowest BCUT2D eigenvalue weighted by Gasteiger charge is -2.11. The first-order valence-electron chi connectivity index (χ1n) is 8.76. The first kappa shape index (κ1) is 17.4. The van der Waals surface area contributed by atoms with Gasteiger partial charge in [0.05, 0.1) is 17.7 Å². The van der Waals surface area contributed by atoms with E-state index in [2.05, 4.69) is 39.5 Å². The first-order valence-corrected chi connectivity index (χ1v) is 9.64. The van der Waals surface area contributed by atoms with Gasteiger partial charge in [0.25, 0.3) is 0 Å². The molecule has 0 aliphatic heterocycles. The second-order valence-corrected chi connectivity index (χ2v) is 7.22. The molecule has 1 N–H and O–H groups in total. The van der Waals surface area contributed by atoms with Crippen LogP contribution in [0.15, 0.2) is 72.1 Å². The van der Waals surface area contributed by atoms with Crippen LogP contribution in [0.3, 0.4) is 0 Å². The molecule has 4 aromatic rings. The van der Waals surface area contributed by atoms with Gasteiger partial charge in [-0.25, -0.2) is 0 Å². The van der Waals surface area contributed by atoms with Crippen LogP contribution in [0.25, 0.3) is 21.5 Å². The van der Waals surface area contributed by atoms with Gasteiger partial charge in [0.1, 0.15) is 12.3 Å². The van der Waals surface area contributed by atoms with Crippen molar-refractivity contribution in [3.05, 3.63) is 77.7 Å². The van der Waals surface area contributed by atoms with Crippen molar-refractivity contribution < 1.29 is 9.53 Å². The SMILES string of the molecule is COc1ccc(CNC(=O)Cn2c(-c3cccs3)cc3ccccc32)cc1. The van der Waals surface area contributed by atoms with Crippen LogP contribution in [0, 0.1) is 0 Å². The molecule has 2 aromatic heterocycles. The number of thiophene rings is 1. The number of carbonyl (C=O) groups is 1. The summed E-state index contributed by atoms with van der Waals surface area (Å²) < 4.78 is 7.25. The Morgan fingerprint density at radius 3 is 2.63 bits per heavy atom. The van der Waals surface area contributed by atoms with E-state index in [9.17, 15) is 4.79 Å². The van der Waals surface area contributed by atoms with Crippen LogP contribution in [0.4, 0.5) is 0 Å². The van der Waals surface area contributed by atoms with E-state index in [0.29, 0.717) is 6.54 Å². The van der Waals surface area contributed by atoms with Crippen molar-refractivity contribution in [3.63, 3.8) is 0 Å². The summed E-state index contributed by atoms with van der Waals surface area (Å²) in [5, 5.41) is 6.21. The normalized spacial score (nSPS) is 10.9. The van der Waals surface area contributed by atoms with Crippen LogP contribution in [0.1, 0.15) is 5.56 Å². The number of carbonyl (C=O) groups excluding carboxylic acids is 1. The zero-order chi connectivity index (χ0) is 18.6. The maximum Gasteiger partial charge on any atom is 0.240 e. The number of benzene rings is 2. The lowest BCUT2D eigenvalue weighted by Crippen LogP contribution is -2.27. The molecule has 0 aliphatic carbocycles. The predicted octanol–water partition coefficient (Wildman–Crippen LogP) is 4.69. The summed E-state index contributed by atoms with van der Waals surface area (Å²) in [6.45, 7) is 0.785. The smallest absolute Gasteiger partial charge is 0.240 e. The van der Waals surface area contributed by atoms with Gasteiger partial charge in [-0.2, -0.15) is 0 Å². The highest BCUT2D eigenvalue weighted by Crippen LogP contribution is 2.31. The number of hydrogen-bond acceptors (Lipinski definition) is 3. The number of nitrogens with zero attached hydrogens (tertiary/aromatic N) is 1. The Bertz CT molecular complexity index is 1050. The number of rotatable bonds is 6. The number of fused-ring (bicyclic) bond motifs is 1. The third-order valence-electron chi connectivity index (χ3n) is 4.53. The molecule has 0 bridgehead atoms. The minimum Gasteiger partial charge on any atom is -0.497 e. The summed E-state index contributed by atoms with van der Waals surface area (Å²) in [6, 6.07) is 22.2. The summed E-state index contributed by atoms with van der Waals surface area (Å²) in [6.07, 6.45) is 0. The van der Waals surface area contributed by atoms with E-state index in [1.165, 1.54) is 0 Å². The standard InChI is InChI=1S/C22H20N2O2S/c1-26-18-10-8-16(9-11-18)14-23-22(25)15-24-19-6-3-2-5-17(19)13-20(24)21-7-4-12-27-21/h2-13H,14-15H2,1H3,(H,23,25). The molecule has 0 aliphatic rings. The van der Waals surface area contributed by atoms with E-state index in [4.69, 9.17) is 4.74 Å². The molecule has 0 saturated carbocycles. The van der Waals surface area contributed by atoms with Crippen LogP contribution in [0.5, 0.6) is 5.75 Å². The second-order valence-electron chi connectivity index (χ2n) is 6.28. The highest BCUT2D eigenvalue weighted by Gasteiger charge is 2.14. The molecule has 1 amide bonds. The minimum absolute atomic E-state index is 0.00928. The average Bonchev–Trinajstić information content (AvgIpc) is 3.35. The minimum atomic E-state index is -0.00928. The van der Waals surface area contributed by atoms with Gasteiger partial charge >= 0.3 is 0 Å². The highest BCUT2D eigenvalue weighted by molar-refractivity contribution is 7.13. The van der Waals surface area contributed by atoms with Gasteiger partial charge in [0, 0.05) is 17.4 Å². The fraction of sp³-hybridized carbons (Fsp3) is 0.136. The summed E-state index contributed by atoms with van der Waals surface area (Å²) in [7, 11) is 1.64. The van der Waals surface area contributed by atoms with Crippen molar-refractivity contribution in [1.29, 1.82) is 0 Å². The number of hydrogen-bond donors (Lipinski definition) is 1. The van der Waals surface area contributed by atoms with Crippen LogP contribution in [-0.4, -0.2) is 17.6 Å². The maximum atomic E-state index is 12.6. The van der Waals surface area contributed by atoms with Gasteiger partial charge in [-0.3, -0.25) is 4.79 Å². The van der Waals surface area contributed by atoms with Crippen molar-refractivity contribution >= 4 is 28.1 Å². The fourth-order valence-corrected chi connectivity index (χ4v) is 3.90. The maximum absolute atomic E-state index is 12.6. The molecule has 136 valence electrons. The first-order chi connectivity index (χ1) is 13.2. The average molecular weight is 376 g/mol. The van der Waals surface area contributed by atoms with Crippen molar-refractivity contribution in [2.75, 3.05) is 7.11 Å². The third-order valence-corrected chi connectivity index (χ3v) is 5.43. The van der Waals surface area contributed by atoms with E-state index >= 15 is 0 Å². The largest absolute Gasteiger partial charge is 0.497 e. The molecule has 27 heavy (non-hydrogen) atoms. The molecule has 0 fully saturated rings. The van der Waals surface area contributed by atoms with Crippen LogP contribution in [-0.2, 0) is 17.9 Å². The topological polar surface area (TPSA) is 43.3 Å². The van der Waals surface area contributed by atoms with E-state index in [-0.39, 0.29) is 12.5 Å². The predicted molar refractivity (Wildman–Crippen MR) is 110 cm³/mol. The number of methoxy groups -OCH3 is 1. The fourth-order valence-electron chi connectivity index (χ4n) is 3.15. The van der Waals surface area contributed by atoms with Gasteiger partial charge in [-0.05, 0) is 41.3 Å². The molecular formula is C22H20N2O2S. The molecule has 4 nitrogen and oxygen atoms in total. The van der Waals surface area contributed by atoms with Gasteiger partial charge in [-0.1, -0.05) is 36.4 Å². The Morgan fingerprint density at radius 2 is 1.89 bits per heavy atom. The Morgan fingerprint density at radius 1 is 1.07 bits per heavy atom. The lowest BCUT2D eigenvalue weighted by atomic mass is 10.2. The molecule has 0 unspecified atom stereocenters. The summed E-state index contributed by atoms with van der Waals surface area (Å²) in [4.78, 5) is 13.8. The molecule has 0 atom stereocenters. The van der Waals surface area contributed by atoms with Crippen LogP contribution in [0.2, 0.25) is 0 Å². The van der Waals surface area contributed by atoms with E-state index in [1.807, 2.05) is 42.5 Å². The monoisotopic (exact) mass is 376 g/mol. The molecule has 2 heterocycles. The van der Waals surface area contributed by atoms with Crippen molar-refractivity contribution in [2.24, 2.45) is 0 Å². The van der Waals surface area contributed by atoms with Crippen molar-refractivity contribution in [1.82, 2.24) is 9.88 Å². The second kappa shape index (κ2) is 7.68.